The second-order valence-corrected chi connectivity index (χ2v) is 13.9. The van der Waals surface area contributed by atoms with Crippen LogP contribution in [0.4, 0.5) is 10.5 Å². The number of unbranched alkanes of at least 4 members (excludes halogenated alkanes) is 9. The number of carboxylic acid groups (broad SMARTS) is 1. The normalized spacial score (nSPS) is 22.9. The van der Waals surface area contributed by atoms with Gasteiger partial charge in [-0.15, -0.1) is 0 Å². The summed E-state index contributed by atoms with van der Waals surface area (Å²) in [5.41, 5.74) is 1.11. The molecule has 266 valence electrons. The van der Waals surface area contributed by atoms with Gasteiger partial charge >= 0.3 is 12.0 Å². The van der Waals surface area contributed by atoms with Crippen molar-refractivity contribution >= 4 is 23.6 Å². The largest absolute Gasteiger partial charge is 0.481 e. The van der Waals surface area contributed by atoms with Crippen molar-refractivity contribution in [3.63, 3.8) is 0 Å². The van der Waals surface area contributed by atoms with E-state index in [4.69, 9.17) is 24.1 Å². The van der Waals surface area contributed by atoms with Gasteiger partial charge in [-0.2, -0.15) is 0 Å². The van der Waals surface area contributed by atoms with Crippen molar-refractivity contribution in [2.45, 2.75) is 161 Å². The molecule has 2 aliphatic rings. The third kappa shape index (κ3) is 13.4. The van der Waals surface area contributed by atoms with E-state index in [2.05, 4.69) is 22.9 Å². The van der Waals surface area contributed by atoms with Crippen LogP contribution in [0, 0.1) is 5.92 Å². The molecule has 0 spiro atoms. The van der Waals surface area contributed by atoms with E-state index in [0.29, 0.717) is 24.3 Å². The molecule has 1 aromatic carbocycles. The number of hydrogen-bond donors (Lipinski definition) is 4. The van der Waals surface area contributed by atoms with Crippen LogP contribution in [-0.2, 0) is 35.0 Å². The van der Waals surface area contributed by atoms with Crippen molar-refractivity contribution < 1.29 is 38.4 Å². The molecular weight excluding hydrogens is 602 g/mol. The molecule has 0 bridgehead atoms. The highest BCUT2D eigenvalue weighted by Crippen LogP contribution is 2.40. The highest BCUT2D eigenvalue weighted by molar-refractivity contribution is 5.93. The first-order chi connectivity index (χ1) is 22.4. The lowest BCUT2D eigenvalue weighted by molar-refractivity contribution is -0.236. The average Bonchev–Trinajstić information content (AvgIpc) is 3.48. The van der Waals surface area contributed by atoms with Gasteiger partial charge in [0.05, 0.1) is 12.5 Å². The zero-order chi connectivity index (χ0) is 34.4. The van der Waals surface area contributed by atoms with E-state index in [9.17, 15) is 14.4 Å². The van der Waals surface area contributed by atoms with Crippen LogP contribution in [0.1, 0.15) is 118 Å². The van der Waals surface area contributed by atoms with Crippen LogP contribution in [0.3, 0.4) is 0 Å². The number of urea groups is 1. The number of anilines is 1. The van der Waals surface area contributed by atoms with Crippen molar-refractivity contribution in [2.24, 2.45) is 5.92 Å². The molecule has 11 nitrogen and oxygen atoms in total. The summed E-state index contributed by atoms with van der Waals surface area (Å²) in [6, 6.07) is 4.78. The van der Waals surface area contributed by atoms with Gasteiger partial charge in [0.2, 0.25) is 5.91 Å². The maximum absolute atomic E-state index is 13.5. The van der Waals surface area contributed by atoms with Gasteiger partial charge in [-0.1, -0.05) is 90.7 Å². The smallest absolute Gasteiger partial charge is 0.319 e. The van der Waals surface area contributed by atoms with Gasteiger partial charge < -0.3 is 40.0 Å². The number of aliphatic carboxylic acids is 1. The first-order valence-corrected chi connectivity index (χ1v) is 17.7. The first kappa shape index (κ1) is 38.7. The molecule has 0 saturated carbocycles. The zero-order valence-corrected chi connectivity index (χ0v) is 29.3. The molecule has 11 heteroatoms. The summed E-state index contributed by atoms with van der Waals surface area (Å²) in [7, 11) is 0. The molecule has 0 aliphatic carbocycles. The van der Waals surface area contributed by atoms with Gasteiger partial charge in [-0.05, 0) is 57.2 Å². The first-order valence-electron chi connectivity index (χ1n) is 17.7. The third-order valence-electron chi connectivity index (χ3n) is 8.59. The predicted octanol–water partition coefficient (Wildman–Crippen LogP) is 6.54. The van der Waals surface area contributed by atoms with Crippen LogP contribution >= 0.6 is 0 Å². The van der Waals surface area contributed by atoms with Crippen molar-refractivity contribution in [1.29, 1.82) is 0 Å². The van der Waals surface area contributed by atoms with Crippen LogP contribution in [0.25, 0.3) is 0 Å². The van der Waals surface area contributed by atoms with Crippen molar-refractivity contribution in [2.75, 3.05) is 11.9 Å². The van der Waals surface area contributed by atoms with Gasteiger partial charge in [0.15, 0.2) is 12.1 Å². The third-order valence-corrected chi connectivity index (χ3v) is 8.59. The lowest BCUT2D eigenvalue weighted by Gasteiger charge is -2.29. The van der Waals surface area contributed by atoms with E-state index in [-0.39, 0.29) is 18.2 Å². The van der Waals surface area contributed by atoms with Crippen molar-refractivity contribution in [1.82, 2.24) is 10.6 Å². The van der Waals surface area contributed by atoms with E-state index < -0.39 is 54.5 Å². The standard InChI is InChI=1S/C36H59N3O8/c1-7-8-9-10-11-12-13-14-15-16-21-44-34-32-31(46-36(5,6)47-32)30(45-34)25(4)37-33(42)28(22-24(2)3)39-35(43)38-27-19-17-26(18-20-27)23-29(40)41/h17-20,24-25,28,30-32,34H,7-16,21-23H2,1-6H3,(H,37,42)(H,40,41)(H2,38,39,43)/t25-,28-,30+,31-,32-,34-/m0/s1. The molecule has 2 aliphatic heterocycles. The number of carbonyl (C=O) groups excluding carboxylic acids is 2. The molecule has 2 fully saturated rings. The number of carboxylic acids is 1. The number of benzene rings is 1. The van der Waals surface area contributed by atoms with Crippen LogP contribution < -0.4 is 16.0 Å². The summed E-state index contributed by atoms with van der Waals surface area (Å²) in [4.78, 5) is 37.3. The van der Waals surface area contributed by atoms with Crippen LogP contribution in [0.15, 0.2) is 24.3 Å². The molecule has 2 heterocycles. The van der Waals surface area contributed by atoms with Gasteiger partial charge in [0.25, 0.3) is 0 Å². The van der Waals surface area contributed by atoms with Crippen molar-refractivity contribution in [3.8, 4) is 0 Å². The molecule has 6 atom stereocenters. The van der Waals surface area contributed by atoms with E-state index in [1.165, 1.54) is 51.4 Å². The monoisotopic (exact) mass is 661 g/mol. The molecule has 0 unspecified atom stereocenters. The Hall–Kier alpha value is -2.73. The fourth-order valence-electron chi connectivity index (χ4n) is 6.23. The zero-order valence-electron chi connectivity index (χ0n) is 29.3. The molecule has 3 amide bonds. The number of fused-ring (bicyclic) bond motifs is 1. The molecule has 47 heavy (non-hydrogen) atoms. The van der Waals surface area contributed by atoms with Crippen LogP contribution in [-0.4, -0.2) is 72.1 Å². The Bertz CT molecular complexity index is 1110. The highest BCUT2D eigenvalue weighted by atomic mass is 16.8. The van der Waals surface area contributed by atoms with E-state index in [0.717, 1.165) is 12.8 Å². The minimum Gasteiger partial charge on any atom is -0.481 e. The predicted molar refractivity (Wildman–Crippen MR) is 181 cm³/mol. The summed E-state index contributed by atoms with van der Waals surface area (Å²) in [6.45, 7) is 12.4. The number of nitrogens with one attached hydrogen (secondary N) is 3. The second kappa shape index (κ2) is 19.3. The van der Waals surface area contributed by atoms with E-state index in [1.54, 1.807) is 24.3 Å². The fraction of sp³-hybridized carbons (Fsp3) is 0.750. The molecule has 3 rings (SSSR count). The number of carbonyl (C=O) groups is 3. The Morgan fingerprint density at radius 2 is 1.47 bits per heavy atom. The van der Waals surface area contributed by atoms with E-state index in [1.807, 2.05) is 34.6 Å². The van der Waals surface area contributed by atoms with Gasteiger partial charge in [0.1, 0.15) is 24.4 Å². The topological polar surface area (TPSA) is 144 Å². The molecule has 0 radical (unpaired) electrons. The number of ether oxygens (including phenoxy) is 4. The second-order valence-electron chi connectivity index (χ2n) is 13.9. The lowest BCUT2D eigenvalue weighted by atomic mass is 10.0. The minimum absolute atomic E-state index is 0.103. The molecule has 2 saturated heterocycles. The van der Waals surface area contributed by atoms with Crippen LogP contribution in [0.2, 0.25) is 0 Å². The van der Waals surface area contributed by atoms with Gasteiger partial charge in [-0.25, -0.2) is 4.79 Å². The summed E-state index contributed by atoms with van der Waals surface area (Å²) in [5, 5.41) is 17.5. The van der Waals surface area contributed by atoms with Gasteiger partial charge in [-0.3, -0.25) is 9.59 Å². The summed E-state index contributed by atoms with van der Waals surface area (Å²) >= 11 is 0. The quantitative estimate of drug-likeness (QED) is 0.109. The molecular formula is C36H59N3O8. The fourth-order valence-corrected chi connectivity index (χ4v) is 6.23. The van der Waals surface area contributed by atoms with Crippen molar-refractivity contribution in [3.05, 3.63) is 29.8 Å². The number of rotatable bonds is 21. The molecule has 4 N–H and O–H groups in total. The Labute approximate surface area is 281 Å². The Morgan fingerprint density at radius 3 is 2.06 bits per heavy atom. The maximum Gasteiger partial charge on any atom is 0.319 e. The highest BCUT2D eigenvalue weighted by Gasteiger charge is 2.57. The summed E-state index contributed by atoms with van der Waals surface area (Å²) in [6.07, 6.45) is 10.9. The number of hydrogen-bond acceptors (Lipinski definition) is 7. The van der Waals surface area contributed by atoms with Crippen LogP contribution in [0.5, 0.6) is 0 Å². The molecule has 0 aromatic heterocycles. The lowest BCUT2D eigenvalue weighted by Crippen LogP contribution is -2.54. The Kier molecular flexibility index (Phi) is 15.9. The van der Waals surface area contributed by atoms with Gasteiger partial charge in [0, 0.05) is 12.3 Å². The summed E-state index contributed by atoms with van der Waals surface area (Å²) in [5.74, 6) is -1.92. The summed E-state index contributed by atoms with van der Waals surface area (Å²) < 4.78 is 24.9. The van der Waals surface area contributed by atoms with E-state index >= 15 is 0 Å². The molecule has 1 aromatic rings. The SMILES string of the molecule is CCCCCCCCCCCCO[C@H]1O[C@H]([C@H](C)NC(=O)[C@H](CC(C)C)NC(=O)Nc2ccc(CC(=O)O)cc2)[C@@H]2OC(C)(C)O[C@H]12. The Morgan fingerprint density at radius 1 is 0.872 bits per heavy atom. The maximum atomic E-state index is 13.5. The Balaban J connectivity index is 1.49. The number of amides is 3. The average molecular weight is 662 g/mol. The minimum atomic E-state index is -0.929.